The molecule has 0 unspecified atom stereocenters. The van der Waals surface area contributed by atoms with Crippen LogP contribution in [0.2, 0.25) is 0 Å². The Morgan fingerprint density at radius 1 is 1.30 bits per heavy atom. The van der Waals surface area contributed by atoms with Crippen LogP contribution < -0.4 is 15.8 Å². The van der Waals surface area contributed by atoms with Crippen LogP contribution in [0.5, 0.6) is 5.75 Å². The minimum absolute atomic E-state index is 0.103. The van der Waals surface area contributed by atoms with Crippen molar-refractivity contribution < 1.29 is 9.53 Å². The molecule has 1 aromatic carbocycles. The lowest BCUT2D eigenvalue weighted by Crippen LogP contribution is -2.20. The minimum Gasteiger partial charge on any atom is -0.484 e. The van der Waals surface area contributed by atoms with Crippen LogP contribution in [0.3, 0.4) is 0 Å². The lowest BCUT2D eigenvalue weighted by atomic mass is 10.3. The molecule has 0 saturated heterocycles. The summed E-state index contributed by atoms with van der Waals surface area (Å²) in [4.78, 5) is 13.4. The second-order valence-electron chi connectivity index (χ2n) is 4.36. The quantitative estimate of drug-likeness (QED) is 0.824. The molecule has 0 bridgehead atoms. The summed E-state index contributed by atoms with van der Waals surface area (Å²) >= 11 is 1.82. The largest absolute Gasteiger partial charge is 0.484 e. The van der Waals surface area contributed by atoms with Crippen LogP contribution in [-0.4, -0.2) is 12.5 Å². The molecule has 2 aromatic rings. The van der Waals surface area contributed by atoms with Crippen LogP contribution in [0.4, 0.5) is 5.69 Å². The lowest BCUT2D eigenvalue weighted by molar-refractivity contribution is -0.119. The van der Waals surface area contributed by atoms with Gasteiger partial charge < -0.3 is 15.8 Å². The number of benzene rings is 1. The van der Waals surface area contributed by atoms with Crippen LogP contribution in [0.15, 0.2) is 36.4 Å². The van der Waals surface area contributed by atoms with Gasteiger partial charge in [-0.2, -0.15) is 0 Å². The number of aryl methyl sites for hydroxylation is 1. The van der Waals surface area contributed by atoms with E-state index < -0.39 is 5.91 Å². The topological polar surface area (TPSA) is 64.3 Å². The third-order valence-corrected chi connectivity index (χ3v) is 3.98. The van der Waals surface area contributed by atoms with Crippen molar-refractivity contribution in [2.45, 2.75) is 19.9 Å². The lowest BCUT2D eigenvalue weighted by Gasteiger charge is -2.08. The van der Waals surface area contributed by atoms with Gasteiger partial charge in [-0.05, 0) is 30.7 Å². The number of anilines is 1. The molecule has 2 rings (SSSR count). The molecule has 0 saturated carbocycles. The molecule has 1 aromatic heterocycles. The fourth-order valence-electron chi connectivity index (χ4n) is 1.75. The maximum Gasteiger partial charge on any atom is 0.255 e. The summed E-state index contributed by atoms with van der Waals surface area (Å²) in [6, 6.07) is 11.8. The van der Waals surface area contributed by atoms with E-state index in [1.54, 1.807) is 6.07 Å². The predicted molar refractivity (Wildman–Crippen MR) is 82.2 cm³/mol. The average molecular weight is 290 g/mol. The van der Waals surface area contributed by atoms with E-state index in [2.05, 4.69) is 24.4 Å². The van der Waals surface area contributed by atoms with Crippen molar-refractivity contribution in [3.05, 3.63) is 46.2 Å². The van der Waals surface area contributed by atoms with Crippen molar-refractivity contribution >= 4 is 22.9 Å². The normalized spacial score (nSPS) is 10.2. The van der Waals surface area contributed by atoms with E-state index in [-0.39, 0.29) is 6.61 Å². The summed E-state index contributed by atoms with van der Waals surface area (Å²) in [6.07, 6.45) is 1.07. The Bertz CT molecular complexity index is 581. The molecule has 0 radical (unpaired) electrons. The van der Waals surface area contributed by atoms with Crippen molar-refractivity contribution in [1.29, 1.82) is 0 Å². The fourth-order valence-corrected chi connectivity index (χ4v) is 2.64. The number of primary amides is 1. The summed E-state index contributed by atoms with van der Waals surface area (Å²) in [7, 11) is 0. The van der Waals surface area contributed by atoms with Gasteiger partial charge in [-0.1, -0.05) is 13.0 Å². The molecular weight excluding hydrogens is 272 g/mol. The third kappa shape index (κ3) is 4.28. The molecule has 20 heavy (non-hydrogen) atoms. The van der Waals surface area contributed by atoms with Crippen molar-refractivity contribution in [3.8, 4) is 5.75 Å². The Labute approximate surface area is 122 Å². The van der Waals surface area contributed by atoms with Crippen molar-refractivity contribution in [2.75, 3.05) is 11.9 Å². The van der Waals surface area contributed by atoms with E-state index in [9.17, 15) is 4.79 Å². The first kappa shape index (κ1) is 14.4. The number of nitrogens with two attached hydrogens (primary N) is 1. The molecule has 0 atom stereocenters. The molecule has 4 nitrogen and oxygen atoms in total. The zero-order valence-corrected chi connectivity index (χ0v) is 12.2. The molecule has 0 aliphatic carbocycles. The minimum atomic E-state index is -0.478. The van der Waals surface area contributed by atoms with Crippen LogP contribution in [-0.2, 0) is 17.8 Å². The maximum atomic E-state index is 10.7. The van der Waals surface area contributed by atoms with Gasteiger partial charge in [0.1, 0.15) is 5.75 Å². The van der Waals surface area contributed by atoms with Gasteiger partial charge in [0.15, 0.2) is 6.61 Å². The Morgan fingerprint density at radius 3 is 2.80 bits per heavy atom. The highest BCUT2D eigenvalue weighted by Gasteiger charge is 2.01. The van der Waals surface area contributed by atoms with E-state index in [1.165, 1.54) is 9.75 Å². The van der Waals surface area contributed by atoms with Gasteiger partial charge in [0.05, 0.1) is 0 Å². The maximum absolute atomic E-state index is 10.7. The standard InChI is InChI=1S/C15H18N2O2S/c1-2-13-6-7-14(20-13)9-17-11-4-3-5-12(8-11)19-10-15(16)18/h3-8,17H,2,9-10H2,1H3,(H2,16,18). The number of thiophene rings is 1. The van der Waals surface area contributed by atoms with Crippen LogP contribution in [0.1, 0.15) is 16.7 Å². The SMILES string of the molecule is CCc1ccc(CNc2cccc(OCC(N)=O)c2)s1. The molecule has 0 aliphatic rings. The zero-order valence-electron chi connectivity index (χ0n) is 11.4. The molecular formula is C15H18N2O2S. The Morgan fingerprint density at radius 2 is 2.10 bits per heavy atom. The van der Waals surface area contributed by atoms with Crippen LogP contribution >= 0.6 is 11.3 Å². The molecule has 106 valence electrons. The van der Waals surface area contributed by atoms with Gasteiger partial charge >= 0.3 is 0 Å². The average Bonchev–Trinajstić information content (AvgIpc) is 2.91. The number of nitrogens with one attached hydrogen (secondary N) is 1. The van der Waals surface area contributed by atoms with E-state index in [0.29, 0.717) is 5.75 Å². The number of hydrogen-bond acceptors (Lipinski definition) is 4. The van der Waals surface area contributed by atoms with Crippen molar-refractivity contribution in [3.63, 3.8) is 0 Å². The molecule has 0 aliphatic heterocycles. The van der Waals surface area contributed by atoms with Gasteiger partial charge in [-0.3, -0.25) is 4.79 Å². The van der Waals surface area contributed by atoms with Gasteiger partial charge in [-0.15, -0.1) is 11.3 Å². The third-order valence-electron chi connectivity index (χ3n) is 2.75. The molecule has 0 spiro atoms. The first-order valence-electron chi connectivity index (χ1n) is 6.50. The molecule has 3 N–H and O–H groups in total. The monoisotopic (exact) mass is 290 g/mol. The molecule has 1 heterocycles. The van der Waals surface area contributed by atoms with E-state index >= 15 is 0 Å². The van der Waals surface area contributed by atoms with Crippen molar-refractivity contribution in [1.82, 2.24) is 0 Å². The van der Waals surface area contributed by atoms with E-state index in [0.717, 1.165) is 18.7 Å². The Hall–Kier alpha value is -2.01. The Balaban J connectivity index is 1.92. The second-order valence-corrected chi connectivity index (χ2v) is 5.61. The highest BCUT2D eigenvalue weighted by Crippen LogP contribution is 2.21. The zero-order chi connectivity index (χ0) is 14.4. The molecule has 5 heteroatoms. The number of hydrogen-bond donors (Lipinski definition) is 2. The van der Waals surface area contributed by atoms with E-state index in [4.69, 9.17) is 10.5 Å². The number of carbonyl (C=O) groups excluding carboxylic acids is 1. The number of carbonyl (C=O) groups is 1. The summed E-state index contributed by atoms with van der Waals surface area (Å²) in [5.74, 6) is 0.156. The summed E-state index contributed by atoms with van der Waals surface area (Å²) in [5, 5.41) is 3.34. The molecule has 0 fully saturated rings. The van der Waals surface area contributed by atoms with Crippen LogP contribution in [0, 0.1) is 0 Å². The first-order chi connectivity index (χ1) is 9.67. The van der Waals surface area contributed by atoms with Crippen LogP contribution in [0.25, 0.3) is 0 Å². The second kappa shape index (κ2) is 6.96. The molecule has 1 amide bonds. The van der Waals surface area contributed by atoms with Gasteiger partial charge in [0.2, 0.25) is 0 Å². The fraction of sp³-hybridized carbons (Fsp3) is 0.267. The van der Waals surface area contributed by atoms with Gasteiger partial charge in [-0.25, -0.2) is 0 Å². The first-order valence-corrected chi connectivity index (χ1v) is 7.31. The highest BCUT2D eigenvalue weighted by molar-refractivity contribution is 7.12. The highest BCUT2D eigenvalue weighted by atomic mass is 32.1. The summed E-state index contributed by atoms with van der Waals surface area (Å²) < 4.78 is 5.27. The predicted octanol–water partition coefficient (Wildman–Crippen LogP) is 2.79. The van der Waals surface area contributed by atoms with Crippen molar-refractivity contribution in [2.24, 2.45) is 5.73 Å². The number of rotatable bonds is 7. The smallest absolute Gasteiger partial charge is 0.255 e. The Kier molecular flexibility index (Phi) is 5.01. The summed E-state index contributed by atoms with van der Waals surface area (Å²) in [5.41, 5.74) is 6.01. The number of amides is 1. The summed E-state index contributed by atoms with van der Waals surface area (Å²) in [6.45, 7) is 2.83. The van der Waals surface area contributed by atoms with E-state index in [1.807, 2.05) is 29.5 Å². The van der Waals surface area contributed by atoms with Gasteiger partial charge in [0.25, 0.3) is 5.91 Å². The number of ether oxygens (including phenoxy) is 1. The van der Waals surface area contributed by atoms with Gasteiger partial charge in [0, 0.05) is 28.1 Å².